The van der Waals surface area contributed by atoms with Crippen LogP contribution in [0.2, 0.25) is 0 Å². The minimum Gasteiger partial charge on any atom is -0.326 e. The summed E-state index contributed by atoms with van der Waals surface area (Å²) in [6, 6.07) is 13.2. The van der Waals surface area contributed by atoms with Gasteiger partial charge >= 0.3 is 0 Å². The van der Waals surface area contributed by atoms with E-state index in [-0.39, 0.29) is 24.1 Å². The molecule has 0 aromatic heterocycles. The van der Waals surface area contributed by atoms with E-state index >= 15 is 0 Å². The van der Waals surface area contributed by atoms with Crippen LogP contribution in [0.3, 0.4) is 0 Å². The number of aliphatic imine (C=N–C) groups is 1. The van der Waals surface area contributed by atoms with Crippen molar-refractivity contribution in [3.8, 4) is 0 Å². The van der Waals surface area contributed by atoms with Crippen molar-refractivity contribution >= 4 is 40.1 Å². The molecular formula is C21H20FN3O2S. The van der Waals surface area contributed by atoms with Crippen LogP contribution in [-0.2, 0) is 9.59 Å². The summed E-state index contributed by atoms with van der Waals surface area (Å²) in [4.78, 5) is 31.1. The van der Waals surface area contributed by atoms with Gasteiger partial charge in [-0.1, -0.05) is 35.5 Å². The summed E-state index contributed by atoms with van der Waals surface area (Å²) in [5.41, 5.74) is 2.35. The molecule has 2 aromatic rings. The zero-order chi connectivity index (χ0) is 20.1. The number of nitrogens with zero attached hydrogens (tertiary/aromatic N) is 2. The fourth-order valence-corrected chi connectivity index (χ4v) is 3.83. The highest BCUT2D eigenvalue weighted by atomic mass is 32.2. The fourth-order valence-electron chi connectivity index (χ4n) is 2.67. The normalized spacial score (nSPS) is 17.8. The molecule has 1 N–H and O–H groups in total. The summed E-state index contributed by atoms with van der Waals surface area (Å²) in [5, 5.41) is 2.67. The van der Waals surface area contributed by atoms with Gasteiger partial charge in [-0.3, -0.25) is 14.5 Å². The number of thioether (sulfide) groups is 1. The number of benzene rings is 2. The molecule has 7 heteroatoms. The van der Waals surface area contributed by atoms with Gasteiger partial charge in [-0.05, 0) is 43.3 Å². The summed E-state index contributed by atoms with van der Waals surface area (Å²) in [7, 11) is 0. The summed E-state index contributed by atoms with van der Waals surface area (Å²) in [6.45, 7) is 6.01. The van der Waals surface area contributed by atoms with E-state index in [0.29, 0.717) is 17.4 Å². The first-order valence-corrected chi connectivity index (χ1v) is 9.64. The first-order valence-electron chi connectivity index (χ1n) is 8.76. The third-order valence-electron chi connectivity index (χ3n) is 4.09. The Kier molecular flexibility index (Phi) is 6.26. The van der Waals surface area contributed by atoms with Gasteiger partial charge in [0, 0.05) is 18.7 Å². The number of hydrogen-bond acceptors (Lipinski definition) is 4. The monoisotopic (exact) mass is 397 g/mol. The Morgan fingerprint density at radius 3 is 2.57 bits per heavy atom. The Labute approximate surface area is 167 Å². The number of nitrogens with one attached hydrogen (secondary N) is 1. The molecule has 2 aromatic carbocycles. The number of amidine groups is 1. The molecule has 1 fully saturated rings. The van der Waals surface area contributed by atoms with Gasteiger partial charge in [0.1, 0.15) is 11.1 Å². The SMILES string of the molecule is C=CCN1C(=O)C(CC(=O)Nc2ccc(F)cc2)SC1=Nc1ccc(C)cc1. The maximum Gasteiger partial charge on any atom is 0.242 e. The molecule has 1 atom stereocenters. The number of aryl methyl sites for hydroxylation is 1. The van der Waals surface area contributed by atoms with Crippen molar-refractivity contribution in [1.82, 2.24) is 4.90 Å². The second-order valence-electron chi connectivity index (χ2n) is 6.33. The molecule has 1 saturated heterocycles. The largest absolute Gasteiger partial charge is 0.326 e. The van der Waals surface area contributed by atoms with Crippen LogP contribution in [-0.4, -0.2) is 33.7 Å². The minimum atomic E-state index is -0.565. The quantitative estimate of drug-likeness (QED) is 0.740. The Morgan fingerprint density at radius 1 is 1.25 bits per heavy atom. The van der Waals surface area contributed by atoms with E-state index in [4.69, 9.17) is 0 Å². The van der Waals surface area contributed by atoms with E-state index in [9.17, 15) is 14.0 Å². The average Bonchev–Trinajstić information content (AvgIpc) is 2.94. The number of carbonyl (C=O) groups is 2. The van der Waals surface area contributed by atoms with Gasteiger partial charge in [-0.2, -0.15) is 0 Å². The van der Waals surface area contributed by atoms with E-state index in [2.05, 4.69) is 16.9 Å². The average molecular weight is 397 g/mol. The number of anilines is 1. The van der Waals surface area contributed by atoms with Crippen molar-refractivity contribution in [3.05, 3.63) is 72.6 Å². The number of hydrogen-bond donors (Lipinski definition) is 1. The molecular weight excluding hydrogens is 377 g/mol. The number of amides is 2. The number of carbonyl (C=O) groups excluding carboxylic acids is 2. The van der Waals surface area contributed by atoms with Gasteiger partial charge in [0.05, 0.1) is 5.69 Å². The third-order valence-corrected chi connectivity index (χ3v) is 5.26. The lowest BCUT2D eigenvalue weighted by Crippen LogP contribution is -2.33. The Balaban J connectivity index is 1.72. The van der Waals surface area contributed by atoms with Gasteiger partial charge in [-0.15, -0.1) is 6.58 Å². The molecule has 1 heterocycles. The predicted octanol–water partition coefficient (Wildman–Crippen LogP) is 4.28. The summed E-state index contributed by atoms with van der Waals surface area (Å²) in [5.74, 6) is -0.867. The van der Waals surface area contributed by atoms with E-state index < -0.39 is 5.25 Å². The Bertz CT molecular complexity index is 910. The molecule has 0 bridgehead atoms. The van der Waals surface area contributed by atoms with Crippen LogP contribution in [0.5, 0.6) is 0 Å². The molecule has 1 unspecified atom stereocenters. The fraction of sp³-hybridized carbons (Fsp3) is 0.190. The first-order chi connectivity index (χ1) is 13.5. The number of rotatable bonds is 6. The van der Waals surface area contributed by atoms with Crippen molar-refractivity contribution in [2.24, 2.45) is 4.99 Å². The predicted molar refractivity (Wildman–Crippen MR) is 111 cm³/mol. The first kappa shape index (κ1) is 19.8. The maximum atomic E-state index is 13.0. The lowest BCUT2D eigenvalue weighted by molar-refractivity contribution is -0.127. The highest BCUT2D eigenvalue weighted by molar-refractivity contribution is 8.15. The molecule has 0 saturated carbocycles. The van der Waals surface area contributed by atoms with Crippen molar-refractivity contribution in [3.63, 3.8) is 0 Å². The van der Waals surface area contributed by atoms with Crippen molar-refractivity contribution < 1.29 is 14.0 Å². The van der Waals surface area contributed by atoms with Gasteiger partial charge in [0.2, 0.25) is 11.8 Å². The summed E-state index contributed by atoms with van der Waals surface area (Å²) < 4.78 is 13.0. The highest BCUT2D eigenvalue weighted by Gasteiger charge is 2.38. The lowest BCUT2D eigenvalue weighted by atomic mass is 10.2. The summed E-state index contributed by atoms with van der Waals surface area (Å²) in [6.07, 6.45) is 1.63. The second kappa shape index (κ2) is 8.84. The van der Waals surface area contributed by atoms with E-state index in [1.807, 2.05) is 31.2 Å². The topological polar surface area (TPSA) is 61.8 Å². The van der Waals surface area contributed by atoms with E-state index in [0.717, 1.165) is 11.3 Å². The molecule has 1 aliphatic rings. The van der Waals surface area contributed by atoms with Crippen molar-refractivity contribution in [2.45, 2.75) is 18.6 Å². The zero-order valence-corrected chi connectivity index (χ0v) is 16.2. The van der Waals surface area contributed by atoms with Crippen LogP contribution in [0.4, 0.5) is 15.8 Å². The van der Waals surface area contributed by atoms with Gasteiger partial charge < -0.3 is 5.32 Å². The van der Waals surface area contributed by atoms with E-state index in [1.54, 1.807) is 6.08 Å². The van der Waals surface area contributed by atoms with Crippen LogP contribution in [0.15, 0.2) is 66.2 Å². The van der Waals surface area contributed by atoms with Crippen molar-refractivity contribution in [2.75, 3.05) is 11.9 Å². The highest BCUT2D eigenvalue weighted by Crippen LogP contribution is 2.31. The summed E-state index contributed by atoms with van der Waals surface area (Å²) >= 11 is 1.26. The van der Waals surface area contributed by atoms with Crippen LogP contribution in [0.25, 0.3) is 0 Å². The molecule has 0 radical (unpaired) electrons. The molecule has 3 rings (SSSR count). The van der Waals surface area contributed by atoms with Crippen LogP contribution >= 0.6 is 11.8 Å². The molecule has 28 heavy (non-hydrogen) atoms. The molecule has 1 aliphatic heterocycles. The van der Waals surface area contributed by atoms with Gasteiger partial charge in [0.25, 0.3) is 0 Å². The third kappa shape index (κ3) is 4.86. The Hall–Kier alpha value is -2.93. The smallest absolute Gasteiger partial charge is 0.242 e. The van der Waals surface area contributed by atoms with Crippen LogP contribution in [0.1, 0.15) is 12.0 Å². The van der Waals surface area contributed by atoms with Crippen molar-refractivity contribution in [1.29, 1.82) is 0 Å². The zero-order valence-electron chi connectivity index (χ0n) is 15.4. The van der Waals surface area contributed by atoms with Crippen LogP contribution in [0, 0.1) is 12.7 Å². The van der Waals surface area contributed by atoms with E-state index in [1.165, 1.54) is 40.9 Å². The second-order valence-corrected chi connectivity index (χ2v) is 7.50. The van der Waals surface area contributed by atoms with Gasteiger partial charge in [-0.25, -0.2) is 9.38 Å². The van der Waals surface area contributed by atoms with Gasteiger partial charge in [0.15, 0.2) is 5.17 Å². The lowest BCUT2D eigenvalue weighted by Gasteiger charge is -2.13. The molecule has 144 valence electrons. The maximum absolute atomic E-state index is 13.0. The molecule has 5 nitrogen and oxygen atoms in total. The molecule has 0 aliphatic carbocycles. The number of halogens is 1. The standard InChI is InChI=1S/C21H20FN3O2S/c1-3-12-25-20(27)18(13-19(26)23-16-10-6-15(22)7-11-16)28-21(25)24-17-8-4-14(2)5-9-17/h3-11,18H,1,12-13H2,2H3,(H,23,26). The molecule has 2 amide bonds. The molecule has 0 spiro atoms. The minimum absolute atomic E-state index is 0.00143. The van der Waals surface area contributed by atoms with Crippen LogP contribution < -0.4 is 5.32 Å². The Morgan fingerprint density at radius 2 is 1.93 bits per heavy atom.